The largest absolute Gasteiger partial charge is 0.398 e. The van der Waals surface area contributed by atoms with Gasteiger partial charge in [-0.2, -0.15) is 0 Å². The van der Waals surface area contributed by atoms with Crippen molar-refractivity contribution in [3.63, 3.8) is 0 Å². The van der Waals surface area contributed by atoms with Gasteiger partial charge in [-0.1, -0.05) is 6.92 Å². The summed E-state index contributed by atoms with van der Waals surface area (Å²) in [4.78, 5) is 7.17. The van der Waals surface area contributed by atoms with Crippen LogP contribution in [-0.2, 0) is 6.42 Å². The van der Waals surface area contributed by atoms with Crippen molar-refractivity contribution in [2.75, 3.05) is 5.73 Å². The van der Waals surface area contributed by atoms with Crippen molar-refractivity contribution in [3.05, 3.63) is 24.0 Å². The Morgan fingerprint density at radius 2 is 2.33 bits per heavy atom. The van der Waals surface area contributed by atoms with Crippen molar-refractivity contribution < 1.29 is 0 Å². The first-order valence-electron chi connectivity index (χ1n) is 4.02. The third-order valence-corrected chi connectivity index (χ3v) is 2.06. The predicted molar refractivity (Wildman–Crippen MR) is 49.9 cm³/mol. The molecule has 0 atom stereocenters. The summed E-state index contributed by atoms with van der Waals surface area (Å²) >= 11 is 0. The van der Waals surface area contributed by atoms with Gasteiger partial charge in [0.2, 0.25) is 0 Å². The molecule has 1 aromatic carbocycles. The van der Waals surface area contributed by atoms with E-state index in [4.69, 9.17) is 5.73 Å². The molecule has 1 aromatic heterocycles. The van der Waals surface area contributed by atoms with E-state index in [1.165, 1.54) is 5.56 Å². The van der Waals surface area contributed by atoms with Crippen molar-refractivity contribution in [1.82, 2.24) is 9.97 Å². The van der Waals surface area contributed by atoms with Gasteiger partial charge >= 0.3 is 0 Å². The van der Waals surface area contributed by atoms with Gasteiger partial charge in [-0.15, -0.1) is 0 Å². The van der Waals surface area contributed by atoms with E-state index < -0.39 is 0 Å². The number of nitrogens with two attached hydrogens (primary N) is 1. The lowest BCUT2D eigenvalue weighted by atomic mass is 10.1. The highest BCUT2D eigenvalue weighted by Crippen LogP contribution is 2.19. The number of fused-ring (bicyclic) bond motifs is 1. The first-order chi connectivity index (χ1) is 5.81. The standard InChI is InChI=1S/C9H11N3/c1-2-6-3-8-9(4-7(6)10)12-5-11-8/h3-5H,2,10H2,1H3,(H,11,12). The molecule has 62 valence electrons. The van der Waals surface area contributed by atoms with E-state index in [0.29, 0.717) is 0 Å². The fourth-order valence-electron chi connectivity index (χ4n) is 1.35. The molecule has 3 N–H and O–H groups in total. The summed E-state index contributed by atoms with van der Waals surface area (Å²) in [7, 11) is 0. The van der Waals surface area contributed by atoms with Gasteiger partial charge in [0.1, 0.15) is 0 Å². The van der Waals surface area contributed by atoms with Crippen LogP contribution in [0.5, 0.6) is 0 Å². The van der Waals surface area contributed by atoms with Gasteiger partial charge in [0.25, 0.3) is 0 Å². The molecule has 12 heavy (non-hydrogen) atoms. The number of nitrogens with one attached hydrogen (secondary N) is 1. The van der Waals surface area contributed by atoms with E-state index in [-0.39, 0.29) is 0 Å². The summed E-state index contributed by atoms with van der Waals surface area (Å²) in [5.41, 5.74) is 9.80. The fourth-order valence-corrected chi connectivity index (χ4v) is 1.35. The number of aromatic nitrogens is 2. The van der Waals surface area contributed by atoms with Crippen LogP contribution in [0.15, 0.2) is 18.5 Å². The summed E-state index contributed by atoms with van der Waals surface area (Å²) in [6, 6.07) is 3.96. The minimum Gasteiger partial charge on any atom is -0.398 e. The number of nitrogen functional groups attached to an aromatic ring is 1. The van der Waals surface area contributed by atoms with Crippen LogP contribution in [0.25, 0.3) is 11.0 Å². The van der Waals surface area contributed by atoms with Gasteiger partial charge in [-0.05, 0) is 24.1 Å². The SMILES string of the molecule is CCc1cc2[nH]cnc2cc1N. The Bertz CT molecular complexity index is 403. The number of nitrogens with zero attached hydrogens (tertiary/aromatic N) is 1. The third-order valence-electron chi connectivity index (χ3n) is 2.06. The Hall–Kier alpha value is -1.51. The van der Waals surface area contributed by atoms with Gasteiger partial charge in [0.05, 0.1) is 17.4 Å². The average molecular weight is 161 g/mol. The number of benzene rings is 1. The van der Waals surface area contributed by atoms with Crippen LogP contribution in [-0.4, -0.2) is 9.97 Å². The zero-order chi connectivity index (χ0) is 8.55. The molecule has 1 heterocycles. The molecular weight excluding hydrogens is 150 g/mol. The van der Waals surface area contributed by atoms with Crippen molar-refractivity contribution in [1.29, 1.82) is 0 Å². The van der Waals surface area contributed by atoms with E-state index in [2.05, 4.69) is 23.0 Å². The molecule has 0 amide bonds. The van der Waals surface area contributed by atoms with Gasteiger partial charge in [-0.25, -0.2) is 4.98 Å². The molecule has 0 aliphatic rings. The molecule has 2 aromatic rings. The molecule has 2 rings (SSSR count). The van der Waals surface area contributed by atoms with E-state index in [9.17, 15) is 0 Å². The molecular formula is C9H11N3. The highest BCUT2D eigenvalue weighted by molar-refractivity contribution is 5.80. The van der Waals surface area contributed by atoms with Crippen LogP contribution >= 0.6 is 0 Å². The second kappa shape index (κ2) is 2.52. The molecule has 0 saturated carbocycles. The van der Waals surface area contributed by atoms with Crippen molar-refractivity contribution in [3.8, 4) is 0 Å². The van der Waals surface area contributed by atoms with Crippen LogP contribution in [0.3, 0.4) is 0 Å². The van der Waals surface area contributed by atoms with Gasteiger partial charge in [0.15, 0.2) is 0 Å². The van der Waals surface area contributed by atoms with Crippen LogP contribution in [0, 0.1) is 0 Å². The number of H-pyrrole nitrogens is 1. The number of aryl methyl sites for hydroxylation is 1. The molecule has 0 unspecified atom stereocenters. The van der Waals surface area contributed by atoms with Crippen molar-refractivity contribution >= 4 is 16.7 Å². The Morgan fingerprint density at radius 1 is 1.50 bits per heavy atom. The molecule has 0 saturated heterocycles. The predicted octanol–water partition coefficient (Wildman–Crippen LogP) is 1.71. The lowest BCUT2D eigenvalue weighted by Crippen LogP contribution is -1.92. The zero-order valence-corrected chi connectivity index (χ0v) is 6.96. The molecule has 0 bridgehead atoms. The van der Waals surface area contributed by atoms with Gasteiger partial charge in [0, 0.05) is 5.69 Å². The van der Waals surface area contributed by atoms with Gasteiger partial charge in [-0.3, -0.25) is 0 Å². The lowest BCUT2D eigenvalue weighted by Gasteiger charge is -2.01. The Balaban J connectivity index is 2.73. The van der Waals surface area contributed by atoms with Crippen LogP contribution in [0.1, 0.15) is 12.5 Å². The monoisotopic (exact) mass is 161 g/mol. The smallest absolute Gasteiger partial charge is 0.0931 e. The summed E-state index contributed by atoms with van der Waals surface area (Å²) in [6.07, 6.45) is 2.64. The van der Waals surface area contributed by atoms with E-state index in [1.54, 1.807) is 6.33 Å². The molecule has 3 nitrogen and oxygen atoms in total. The third kappa shape index (κ3) is 0.942. The number of anilines is 1. The Morgan fingerprint density at radius 3 is 3.08 bits per heavy atom. The van der Waals surface area contributed by atoms with Crippen LogP contribution < -0.4 is 5.73 Å². The average Bonchev–Trinajstić information content (AvgIpc) is 2.49. The summed E-state index contributed by atoms with van der Waals surface area (Å²) in [5, 5.41) is 0. The maximum Gasteiger partial charge on any atom is 0.0931 e. The first-order valence-corrected chi connectivity index (χ1v) is 4.02. The summed E-state index contributed by atoms with van der Waals surface area (Å²) in [5.74, 6) is 0. The summed E-state index contributed by atoms with van der Waals surface area (Å²) < 4.78 is 0. The lowest BCUT2D eigenvalue weighted by molar-refractivity contribution is 1.15. The molecule has 3 heteroatoms. The van der Waals surface area contributed by atoms with Crippen molar-refractivity contribution in [2.45, 2.75) is 13.3 Å². The van der Waals surface area contributed by atoms with Gasteiger partial charge < -0.3 is 10.7 Å². The fraction of sp³-hybridized carbons (Fsp3) is 0.222. The van der Waals surface area contributed by atoms with E-state index in [0.717, 1.165) is 23.1 Å². The number of hydrogen-bond acceptors (Lipinski definition) is 2. The number of imidazole rings is 1. The Labute approximate surface area is 70.6 Å². The number of rotatable bonds is 1. The zero-order valence-electron chi connectivity index (χ0n) is 6.96. The second-order valence-electron chi connectivity index (χ2n) is 2.82. The minimum absolute atomic E-state index is 0.831. The van der Waals surface area contributed by atoms with E-state index in [1.807, 2.05) is 6.07 Å². The first kappa shape index (κ1) is 7.16. The van der Waals surface area contributed by atoms with Crippen LogP contribution in [0.4, 0.5) is 5.69 Å². The highest BCUT2D eigenvalue weighted by atomic mass is 14.9. The van der Waals surface area contributed by atoms with Crippen molar-refractivity contribution in [2.24, 2.45) is 0 Å². The minimum atomic E-state index is 0.831. The maximum absolute atomic E-state index is 5.80. The quantitative estimate of drug-likeness (QED) is 0.625. The number of aromatic amines is 1. The summed E-state index contributed by atoms with van der Waals surface area (Å²) in [6.45, 7) is 2.09. The van der Waals surface area contributed by atoms with E-state index >= 15 is 0 Å². The molecule has 0 fully saturated rings. The topological polar surface area (TPSA) is 54.7 Å². The highest BCUT2D eigenvalue weighted by Gasteiger charge is 2.01. The molecule has 0 spiro atoms. The number of hydrogen-bond donors (Lipinski definition) is 2. The normalized spacial score (nSPS) is 10.8. The molecule has 0 radical (unpaired) electrons. The second-order valence-corrected chi connectivity index (χ2v) is 2.82. The Kier molecular flexibility index (Phi) is 1.50. The maximum atomic E-state index is 5.80. The molecule has 0 aliphatic heterocycles. The van der Waals surface area contributed by atoms with Crippen LogP contribution in [0.2, 0.25) is 0 Å². The molecule has 0 aliphatic carbocycles.